The van der Waals surface area contributed by atoms with E-state index in [2.05, 4.69) is 71.0 Å². The second-order valence-corrected chi connectivity index (χ2v) is 8.91. The first-order chi connectivity index (χ1) is 14.4. The molecular formula is C23H26N6O. The van der Waals surface area contributed by atoms with Crippen LogP contribution in [0.2, 0.25) is 0 Å². The van der Waals surface area contributed by atoms with E-state index in [1.807, 2.05) is 24.0 Å². The zero-order valence-corrected chi connectivity index (χ0v) is 17.7. The Morgan fingerprint density at radius 1 is 1.27 bits per heavy atom. The minimum Gasteiger partial charge on any atom is -0.362 e. The van der Waals surface area contributed by atoms with Crippen molar-refractivity contribution < 1.29 is 4.79 Å². The quantitative estimate of drug-likeness (QED) is 0.823. The van der Waals surface area contributed by atoms with Crippen LogP contribution in [0.1, 0.15) is 39.2 Å². The number of aromatic nitrogens is 2. The van der Waals surface area contributed by atoms with E-state index in [4.69, 9.17) is 0 Å². The van der Waals surface area contributed by atoms with E-state index < -0.39 is 5.41 Å². The van der Waals surface area contributed by atoms with Crippen molar-refractivity contribution in [1.82, 2.24) is 20.4 Å². The van der Waals surface area contributed by atoms with Gasteiger partial charge in [0, 0.05) is 42.0 Å². The molecule has 2 atom stereocenters. The molecule has 3 aliphatic rings. The van der Waals surface area contributed by atoms with Crippen LogP contribution in [0.15, 0.2) is 69.8 Å². The van der Waals surface area contributed by atoms with Gasteiger partial charge in [-0.2, -0.15) is 15.3 Å². The highest BCUT2D eigenvalue weighted by Crippen LogP contribution is 2.51. The summed E-state index contributed by atoms with van der Waals surface area (Å²) in [5.74, 6) is -0.0206. The first-order valence-corrected chi connectivity index (χ1v) is 10.4. The summed E-state index contributed by atoms with van der Waals surface area (Å²) >= 11 is 0. The van der Waals surface area contributed by atoms with Crippen molar-refractivity contribution in [3.8, 4) is 11.3 Å². The number of carbonyl (C=O) groups is 1. The molecule has 7 heteroatoms. The molecule has 0 saturated heterocycles. The number of aryl methyl sites for hydroxylation is 1. The van der Waals surface area contributed by atoms with Crippen molar-refractivity contribution in [2.45, 2.75) is 50.7 Å². The van der Waals surface area contributed by atoms with Gasteiger partial charge in [-0.15, -0.1) is 0 Å². The molecular weight excluding hydrogens is 376 g/mol. The van der Waals surface area contributed by atoms with Gasteiger partial charge < -0.3 is 10.6 Å². The van der Waals surface area contributed by atoms with Crippen LogP contribution in [0.5, 0.6) is 0 Å². The van der Waals surface area contributed by atoms with E-state index in [0.29, 0.717) is 0 Å². The van der Waals surface area contributed by atoms with Gasteiger partial charge in [-0.05, 0) is 38.0 Å². The second-order valence-electron chi connectivity index (χ2n) is 8.91. The summed E-state index contributed by atoms with van der Waals surface area (Å²) in [6.07, 6.45) is 4.87. The molecule has 0 fully saturated rings. The van der Waals surface area contributed by atoms with Gasteiger partial charge in [-0.25, -0.2) is 0 Å². The number of nitrogens with one attached hydrogen (secondary N) is 2. The Morgan fingerprint density at radius 3 is 2.83 bits per heavy atom. The van der Waals surface area contributed by atoms with Crippen LogP contribution < -0.4 is 10.6 Å². The predicted octanol–water partition coefficient (Wildman–Crippen LogP) is 3.57. The lowest BCUT2D eigenvalue weighted by molar-refractivity contribution is -0.120. The number of rotatable bonds is 3. The smallest absolute Gasteiger partial charge is 0.250 e. The molecule has 2 aromatic rings. The molecule has 3 aliphatic heterocycles. The van der Waals surface area contributed by atoms with E-state index >= 15 is 0 Å². The largest absolute Gasteiger partial charge is 0.362 e. The van der Waals surface area contributed by atoms with Crippen LogP contribution in [0.25, 0.3) is 11.3 Å². The van der Waals surface area contributed by atoms with Gasteiger partial charge in [0.2, 0.25) is 0 Å². The Kier molecular flexibility index (Phi) is 4.00. The van der Waals surface area contributed by atoms with Crippen LogP contribution in [0.3, 0.4) is 0 Å². The van der Waals surface area contributed by atoms with E-state index in [-0.39, 0.29) is 17.6 Å². The van der Waals surface area contributed by atoms with Gasteiger partial charge in [-0.3, -0.25) is 9.48 Å². The maximum absolute atomic E-state index is 13.4. The van der Waals surface area contributed by atoms with Crippen molar-refractivity contribution in [2.24, 2.45) is 17.3 Å². The fourth-order valence-electron chi connectivity index (χ4n) is 5.21. The highest BCUT2D eigenvalue weighted by atomic mass is 16.2. The SMILES string of the molecule is CC[C@@]1(c2cccc(-c3ccnn3C)c2)C2=CN=NC2NC2=C1C(=O)NC(C)(C)C2. The normalized spacial score (nSPS) is 26.6. The zero-order valence-electron chi connectivity index (χ0n) is 17.7. The summed E-state index contributed by atoms with van der Waals surface area (Å²) < 4.78 is 1.86. The average Bonchev–Trinajstić information content (AvgIpc) is 3.34. The Balaban J connectivity index is 1.75. The van der Waals surface area contributed by atoms with Crippen LogP contribution in [-0.2, 0) is 17.3 Å². The Hall–Kier alpha value is -3.22. The van der Waals surface area contributed by atoms with Crippen LogP contribution in [0, 0.1) is 0 Å². The van der Waals surface area contributed by atoms with Gasteiger partial charge in [0.15, 0.2) is 6.17 Å². The third-order valence-corrected chi connectivity index (χ3v) is 6.51. The molecule has 0 spiro atoms. The van der Waals surface area contributed by atoms with Crippen LogP contribution >= 0.6 is 0 Å². The number of nitrogens with zero attached hydrogens (tertiary/aromatic N) is 4. The minimum atomic E-state index is -0.579. The standard InChI is InChI=1S/C23H26N6O/c1-5-23(15-8-6-7-14(11-15)18-9-10-25-29(18)4)16-13-24-28-20(16)26-17-12-22(2,3)27-21(30)19(17)23/h6-11,13,20,26H,5,12H2,1-4H3,(H,27,30)/t20?,23-/m1/s1. The van der Waals surface area contributed by atoms with Gasteiger partial charge in [-0.1, -0.05) is 25.1 Å². The number of hydrogen-bond donors (Lipinski definition) is 2. The molecule has 1 unspecified atom stereocenters. The first kappa shape index (κ1) is 18.8. The fourth-order valence-corrected chi connectivity index (χ4v) is 5.21. The molecule has 5 rings (SSSR count). The van der Waals surface area contributed by atoms with E-state index in [1.54, 1.807) is 6.20 Å². The van der Waals surface area contributed by atoms with Crippen LogP contribution in [0.4, 0.5) is 0 Å². The highest BCUT2D eigenvalue weighted by Gasteiger charge is 2.53. The molecule has 0 saturated carbocycles. The van der Waals surface area contributed by atoms with Crippen molar-refractivity contribution in [1.29, 1.82) is 0 Å². The molecule has 1 aromatic carbocycles. The number of fused-ring (bicyclic) bond motifs is 1. The summed E-state index contributed by atoms with van der Waals surface area (Å²) in [6, 6.07) is 10.4. The van der Waals surface area contributed by atoms with E-state index in [0.717, 1.165) is 46.5 Å². The van der Waals surface area contributed by atoms with E-state index in [1.165, 1.54) is 0 Å². The Labute approximate surface area is 176 Å². The molecule has 0 radical (unpaired) electrons. The highest BCUT2D eigenvalue weighted by molar-refractivity contribution is 6.00. The maximum atomic E-state index is 13.4. The fraction of sp³-hybridized carbons (Fsp3) is 0.391. The van der Waals surface area contributed by atoms with Crippen molar-refractivity contribution >= 4 is 5.91 Å². The topological polar surface area (TPSA) is 83.7 Å². The lowest BCUT2D eigenvalue weighted by Crippen LogP contribution is -2.58. The third-order valence-electron chi connectivity index (χ3n) is 6.51. The van der Waals surface area contributed by atoms with Gasteiger partial charge >= 0.3 is 0 Å². The lowest BCUT2D eigenvalue weighted by Gasteiger charge is -2.48. The molecule has 154 valence electrons. The summed E-state index contributed by atoms with van der Waals surface area (Å²) in [4.78, 5) is 13.4. The van der Waals surface area contributed by atoms with Crippen molar-refractivity contribution in [2.75, 3.05) is 0 Å². The second kappa shape index (κ2) is 6.39. The number of azo groups is 1. The summed E-state index contributed by atoms with van der Waals surface area (Å²) in [5.41, 5.74) is 5.09. The van der Waals surface area contributed by atoms with Crippen molar-refractivity contribution in [3.05, 3.63) is 65.1 Å². The summed E-state index contributed by atoms with van der Waals surface area (Å²) in [5, 5.41) is 19.7. The van der Waals surface area contributed by atoms with E-state index in [9.17, 15) is 4.79 Å². The Bertz CT molecular complexity index is 1140. The van der Waals surface area contributed by atoms with Crippen LogP contribution in [-0.4, -0.2) is 27.4 Å². The monoisotopic (exact) mass is 402 g/mol. The molecule has 0 aliphatic carbocycles. The molecule has 30 heavy (non-hydrogen) atoms. The molecule has 4 heterocycles. The lowest BCUT2D eigenvalue weighted by atomic mass is 9.62. The third kappa shape index (κ3) is 2.57. The molecule has 2 N–H and O–H groups in total. The minimum absolute atomic E-state index is 0.0206. The van der Waals surface area contributed by atoms with Gasteiger partial charge in [0.05, 0.1) is 22.9 Å². The molecule has 1 amide bonds. The molecule has 7 nitrogen and oxygen atoms in total. The number of amides is 1. The Morgan fingerprint density at radius 2 is 2.10 bits per heavy atom. The summed E-state index contributed by atoms with van der Waals surface area (Å²) in [7, 11) is 1.94. The predicted molar refractivity (Wildman–Crippen MR) is 114 cm³/mol. The molecule has 1 aromatic heterocycles. The number of carbonyl (C=O) groups excluding carboxylic acids is 1. The molecule has 0 bridgehead atoms. The zero-order chi connectivity index (χ0) is 21.1. The number of benzene rings is 1. The average molecular weight is 403 g/mol. The van der Waals surface area contributed by atoms with Gasteiger partial charge in [0.25, 0.3) is 5.91 Å². The number of hydrogen-bond acceptors (Lipinski definition) is 5. The summed E-state index contributed by atoms with van der Waals surface area (Å²) in [6.45, 7) is 6.24. The van der Waals surface area contributed by atoms with Gasteiger partial charge in [0.1, 0.15) is 0 Å². The maximum Gasteiger partial charge on any atom is 0.250 e. The first-order valence-electron chi connectivity index (χ1n) is 10.4. The van der Waals surface area contributed by atoms with Crippen molar-refractivity contribution in [3.63, 3.8) is 0 Å².